The fourth-order valence-electron chi connectivity index (χ4n) is 3.99. The first-order chi connectivity index (χ1) is 15.8. The van der Waals surface area contributed by atoms with Gasteiger partial charge in [-0.2, -0.15) is 0 Å². The largest absolute Gasteiger partial charge is 0.507 e. The first kappa shape index (κ1) is 24.2. The van der Waals surface area contributed by atoms with E-state index in [2.05, 4.69) is 6.92 Å². The van der Waals surface area contributed by atoms with Crippen molar-refractivity contribution in [3.8, 4) is 17.2 Å². The number of likely N-dealkylation sites (tertiary alicyclic amines) is 1. The molecule has 2 aromatic carbocycles. The van der Waals surface area contributed by atoms with Crippen LogP contribution in [0.15, 0.2) is 48.0 Å². The first-order valence-corrected chi connectivity index (χ1v) is 11.2. The molecule has 0 saturated carbocycles. The number of methoxy groups -OCH3 is 1. The van der Waals surface area contributed by atoms with Gasteiger partial charge in [-0.1, -0.05) is 25.8 Å². The van der Waals surface area contributed by atoms with Crippen molar-refractivity contribution in [1.29, 1.82) is 0 Å². The summed E-state index contributed by atoms with van der Waals surface area (Å²) in [6, 6.07) is 10.6. The lowest BCUT2D eigenvalue weighted by molar-refractivity contribution is -0.139. The van der Waals surface area contributed by atoms with Gasteiger partial charge in [-0.15, -0.1) is 0 Å². The van der Waals surface area contributed by atoms with Gasteiger partial charge in [-0.3, -0.25) is 9.59 Å². The molecular formula is C26H31NO6. The Kier molecular flexibility index (Phi) is 7.63. The molecule has 7 nitrogen and oxygen atoms in total. The number of Topliss-reactive ketones (excluding diaryl/α,β-unsaturated/α-hetero) is 1. The van der Waals surface area contributed by atoms with Crippen molar-refractivity contribution >= 4 is 17.4 Å². The van der Waals surface area contributed by atoms with E-state index in [-0.39, 0.29) is 28.9 Å². The molecule has 1 atom stereocenters. The van der Waals surface area contributed by atoms with Crippen molar-refractivity contribution < 1.29 is 29.3 Å². The zero-order valence-electron chi connectivity index (χ0n) is 19.5. The number of rotatable bonds is 9. The summed E-state index contributed by atoms with van der Waals surface area (Å²) in [6.45, 7) is 6.25. The number of unbranched alkanes of at least 4 members (excludes halogenated alkanes) is 2. The molecule has 2 aromatic rings. The van der Waals surface area contributed by atoms with Crippen molar-refractivity contribution in [3.05, 3.63) is 59.2 Å². The Morgan fingerprint density at radius 1 is 1.09 bits per heavy atom. The highest BCUT2D eigenvalue weighted by atomic mass is 16.5. The molecule has 0 aromatic heterocycles. The van der Waals surface area contributed by atoms with Crippen molar-refractivity contribution in [2.75, 3.05) is 13.7 Å². The lowest BCUT2D eigenvalue weighted by atomic mass is 9.95. The fraction of sp³-hybridized carbons (Fsp3) is 0.385. The zero-order valence-corrected chi connectivity index (χ0v) is 19.5. The normalized spacial score (nSPS) is 17.6. The summed E-state index contributed by atoms with van der Waals surface area (Å²) in [4.78, 5) is 27.5. The Labute approximate surface area is 194 Å². The Hall–Kier alpha value is -3.48. The Morgan fingerprint density at radius 3 is 2.36 bits per heavy atom. The third-order valence-electron chi connectivity index (χ3n) is 5.56. The number of carbonyl (C=O) groups is 2. The molecule has 1 unspecified atom stereocenters. The maximum Gasteiger partial charge on any atom is 0.295 e. The summed E-state index contributed by atoms with van der Waals surface area (Å²) >= 11 is 0. The summed E-state index contributed by atoms with van der Waals surface area (Å²) in [5.74, 6) is -0.854. The minimum Gasteiger partial charge on any atom is -0.507 e. The molecule has 1 amide bonds. The molecule has 0 aliphatic carbocycles. The van der Waals surface area contributed by atoms with Crippen LogP contribution in [0.3, 0.4) is 0 Å². The van der Waals surface area contributed by atoms with E-state index in [9.17, 15) is 19.8 Å². The molecule has 2 N–H and O–H groups in total. The molecule has 1 fully saturated rings. The summed E-state index contributed by atoms with van der Waals surface area (Å²) in [6.07, 6.45) is 2.59. The van der Waals surface area contributed by atoms with Gasteiger partial charge >= 0.3 is 0 Å². The average Bonchev–Trinajstić information content (AvgIpc) is 3.04. The molecular weight excluding hydrogens is 422 g/mol. The number of benzene rings is 2. The number of amides is 1. The number of aromatic hydroxyl groups is 1. The van der Waals surface area contributed by atoms with Crippen molar-refractivity contribution in [1.82, 2.24) is 4.90 Å². The van der Waals surface area contributed by atoms with Crippen LogP contribution in [0.1, 0.15) is 57.2 Å². The molecule has 1 saturated heterocycles. The van der Waals surface area contributed by atoms with Crippen LogP contribution in [-0.2, 0) is 9.59 Å². The lowest BCUT2D eigenvalue weighted by Gasteiger charge is -2.25. The first-order valence-electron chi connectivity index (χ1n) is 11.2. The molecule has 1 aliphatic rings. The highest BCUT2D eigenvalue weighted by molar-refractivity contribution is 6.46. The van der Waals surface area contributed by atoms with Gasteiger partial charge in [0.2, 0.25) is 0 Å². The molecule has 176 valence electrons. The van der Waals surface area contributed by atoms with Crippen LogP contribution in [0.25, 0.3) is 5.76 Å². The van der Waals surface area contributed by atoms with E-state index < -0.39 is 17.7 Å². The van der Waals surface area contributed by atoms with Crippen LogP contribution in [0.4, 0.5) is 0 Å². The number of aliphatic hydroxyl groups is 1. The van der Waals surface area contributed by atoms with Gasteiger partial charge in [0.25, 0.3) is 11.7 Å². The van der Waals surface area contributed by atoms with E-state index in [1.807, 2.05) is 13.8 Å². The molecule has 0 spiro atoms. The number of aliphatic hydroxyl groups excluding tert-OH is 1. The van der Waals surface area contributed by atoms with Gasteiger partial charge in [0.15, 0.2) is 11.5 Å². The summed E-state index contributed by atoms with van der Waals surface area (Å²) < 4.78 is 10.8. The van der Waals surface area contributed by atoms with E-state index in [4.69, 9.17) is 9.47 Å². The second kappa shape index (κ2) is 10.4. The number of ether oxygens (including phenoxy) is 2. The van der Waals surface area contributed by atoms with Crippen LogP contribution < -0.4 is 9.47 Å². The zero-order chi connectivity index (χ0) is 24.1. The van der Waals surface area contributed by atoms with Crippen LogP contribution in [0.2, 0.25) is 0 Å². The van der Waals surface area contributed by atoms with Gasteiger partial charge in [0, 0.05) is 12.1 Å². The molecule has 1 heterocycles. The highest BCUT2D eigenvalue weighted by Crippen LogP contribution is 2.42. The monoisotopic (exact) mass is 453 g/mol. The maximum atomic E-state index is 13.0. The van der Waals surface area contributed by atoms with Crippen LogP contribution in [0.5, 0.6) is 17.2 Å². The lowest BCUT2D eigenvalue weighted by Crippen LogP contribution is -2.30. The van der Waals surface area contributed by atoms with E-state index in [0.717, 1.165) is 19.3 Å². The summed E-state index contributed by atoms with van der Waals surface area (Å²) in [5, 5.41) is 21.4. The Bertz CT molecular complexity index is 1040. The number of ketones is 1. The Balaban J connectivity index is 2.08. The SMILES string of the molecule is CCCCCN1C(=O)C(=O)/C(=C(\O)c2ccc(OC(C)C)cc2)C1c1ccc(OC)c(O)c1. The maximum absolute atomic E-state index is 13.0. The third kappa shape index (κ3) is 5.13. The van der Waals surface area contributed by atoms with Crippen molar-refractivity contribution in [2.24, 2.45) is 0 Å². The fourth-order valence-corrected chi connectivity index (χ4v) is 3.99. The molecule has 1 aliphatic heterocycles. The van der Waals surface area contributed by atoms with E-state index in [0.29, 0.717) is 23.4 Å². The second-order valence-electron chi connectivity index (χ2n) is 8.32. The smallest absolute Gasteiger partial charge is 0.295 e. The van der Waals surface area contributed by atoms with Crippen LogP contribution in [-0.4, -0.2) is 46.6 Å². The van der Waals surface area contributed by atoms with E-state index in [1.54, 1.807) is 36.4 Å². The van der Waals surface area contributed by atoms with Gasteiger partial charge in [-0.25, -0.2) is 0 Å². The van der Waals surface area contributed by atoms with Gasteiger partial charge in [0.05, 0.1) is 24.8 Å². The van der Waals surface area contributed by atoms with Crippen molar-refractivity contribution in [3.63, 3.8) is 0 Å². The van der Waals surface area contributed by atoms with Crippen molar-refractivity contribution in [2.45, 2.75) is 52.2 Å². The van der Waals surface area contributed by atoms with Gasteiger partial charge in [-0.05, 0) is 62.2 Å². The number of phenols is 1. The average molecular weight is 454 g/mol. The highest BCUT2D eigenvalue weighted by Gasteiger charge is 2.46. The second-order valence-corrected chi connectivity index (χ2v) is 8.32. The number of hydrogen-bond acceptors (Lipinski definition) is 6. The number of phenolic OH excluding ortho intramolecular Hbond substituents is 1. The topological polar surface area (TPSA) is 96.3 Å². The van der Waals surface area contributed by atoms with Gasteiger partial charge in [0.1, 0.15) is 11.5 Å². The van der Waals surface area contributed by atoms with E-state index >= 15 is 0 Å². The molecule has 33 heavy (non-hydrogen) atoms. The molecule has 0 radical (unpaired) electrons. The predicted octanol–water partition coefficient (Wildman–Crippen LogP) is 4.80. The van der Waals surface area contributed by atoms with Gasteiger partial charge < -0.3 is 24.6 Å². The molecule has 0 bridgehead atoms. The quantitative estimate of drug-likeness (QED) is 0.245. The minimum absolute atomic E-state index is 0.000594. The standard InChI is InChI=1S/C26H31NO6/c1-5-6-7-14-27-23(18-10-13-21(32-4)20(28)15-18)22(25(30)26(27)31)24(29)17-8-11-19(12-9-17)33-16(2)3/h8-13,15-16,23,28-29H,5-7,14H2,1-4H3/b24-22-. The van der Waals surface area contributed by atoms with Crippen LogP contribution in [0, 0.1) is 0 Å². The number of carbonyl (C=O) groups excluding carboxylic acids is 2. The number of hydrogen-bond donors (Lipinski definition) is 2. The molecule has 3 rings (SSSR count). The predicted molar refractivity (Wildman–Crippen MR) is 125 cm³/mol. The number of nitrogens with zero attached hydrogens (tertiary/aromatic N) is 1. The Morgan fingerprint density at radius 2 is 1.79 bits per heavy atom. The summed E-state index contributed by atoms with van der Waals surface area (Å²) in [5.41, 5.74) is 0.921. The van der Waals surface area contributed by atoms with Crippen LogP contribution >= 0.6 is 0 Å². The summed E-state index contributed by atoms with van der Waals surface area (Å²) in [7, 11) is 1.44. The third-order valence-corrected chi connectivity index (χ3v) is 5.56. The minimum atomic E-state index is -0.815. The molecule has 7 heteroatoms. The van der Waals surface area contributed by atoms with E-state index in [1.165, 1.54) is 18.1 Å².